The molecule has 1 rings (SSSR count). The van der Waals surface area contributed by atoms with Crippen LogP contribution in [-0.4, -0.2) is 32.6 Å². The second kappa shape index (κ2) is 6.07. The van der Waals surface area contributed by atoms with Crippen LogP contribution in [0.4, 0.5) is 0 Å². The lowest BCUT2D eigenvalue weighted by Gasteiger charge is -2.02. The van der Waals surface area contributed by atoms with Gasteiger partial charge in [-0.05, 0) is 6.42 Å². The van der Waals surface area contributed by atoms with E-state index in [1.807, 2.05) is 0 Å². The monoisotopic (exact) mass is 227 g/mol. The van der Waals surface area contributed by atoms with E-state index in [0.29, 0.717) is 6.54 Å². The molecule has 0 saturated heterocycles. The number of H-pyrrole nitrogens is 1. The van der Waals surface area contributed by atoms with E-state index in [1.165, 1.54) is 6.33 Å². The summed E-state index contributed by atoms with van der Waals surface area (Å²) in [5.74, 6) is 0.679. The molecule has 0 atom stereocenters. The number of nitrogens with one attached hydrogen (secondary N) is 2. The van der Waals surface area contributed by atoms with Crippen LogP contribution in [0.2, 0.25) is 0 Å². The lowest BCUT2D eigenvalue weighted by Crippen LogP contribution is -2.28. The van der Waals surface area contributed by atoms with E-state index in [0.717, 1.165) is 18.7 Å². The van der Waals surface area contributed by atoms with Gasteiger partial charge >= 0.3 is 0 Å². The van der Waals surface area contributed by atoms with Crippen LogP contribution in [0.15, 0.2) is 6.33 Å². The van der Waals surface area contributed by atoms with Crippen molar-refractivity contribution in [3.63, 3.8) is 0 Å². The highest BCUT2D eigenvalue weighted by molar-refractivity contribution is 7.80. The summed E-state index contributed by atoms with van der Waals surface area (Å²) < 4.78 is 0. The van der Waals surface area contributed by atoms with Crippen LogP contribution in [0.3, 0.4) is 0 Å². The highest BCUT2D eigenvalue weighted by atomic mass is 32.1. The van der Waals surface area contributed by atoms with Gasteiger partial charge in [-0.2, -0.15) is 5.10 Å². The summed E-state index contributed by atoms with van der Waals surface area (Å²) in [7, 11) is 0. The predicted octanol–water partition coefficient (Wildman–Crippen LogP) is -0.470. The third-order valence-corrected chi connectivity index (χ3v) is 1.86. The highest BCUT2D eigenvalue weighted by Gasteiger charge is 2.02. The summed E-state index contributed by atoms with van der Waals surface area (Å²) in [5, 5.41) is 9.17. The van der Waals surface area contributed by atoms with Crippen molar-refractivity contribution in [2.45, 2.75) is 19.3 Å². The van der Waals surface area contributed by atoms with E-state index in [9.17, 15) is 4.79 Å². The van der Waals surface area contributed by atoms with Crippen molar-refractivity contribution in [3.05, 3.63) is 12.2 Å². The van der Waals surface area contributed by atoms with Gasteiger partial charge in [0.2, 0.25) is 5.91 Å². The van der Waals surface area contributed by atoms with E-state index in [1.54, 1.807) is 0 Å². The Hall–Kier alpha value is -1.50. The molecule has 0 aromatic carbocycles. The number of amides is 1. The molecule has 4 N–H and O–H groups in total. The molecular formula is C8H13N5OS. The number of nitrogens with zero attached hydrogens (tertiary/aromatic N) is 2. The molecule has 1 aromatic heterocycles. The lowest BCUT2D eigenvalue weighted by atomic mass is 10.3. The first-order chi connectivity index (χ1) is 7.18. The highest BCUT2D eigenvalue weighted by Crippen LogP contribution is 1.91. The maximum absolute atomic E-state index is 11.1. The SMILES string of the molecule is NC(=S)CC(=O)NCCCc1ncn[nH]1. The third-order valence-electron chi connectivity index (χ3n) is 1.71. The normalized spacial score (nSPS) is 9.87. The Labute approximate surface area is 92.6 Å². The second-order valence-electron chi connectivity index (χ2n) is 3.03. The van der Waals surface area contributed by atoms with Gasteiger partial charge in [-0.3, -0.25) is 9.89 Å². The maximum Gasteiger partial charge on any atom is 0.226 e. The molecule has 0 saturated carbocycles. The van der Waals surface area contributed by atoms with E-state index < -0.39 is 0 Å². The van der Waals surface area contributed by atoms with Gasteiger partial charge in [0.15, 0.2) is 0 Å². The van der Waals surface area contributed by atoms with Crippen LogP contribution in [0.5, 0.6) is 0 Å². The van der Waals surface area contributed by atoms with Crippen LogP contribution >= 0.6 is 12.2 Å². The van der Waals surface area contributed by atoms with Crippen molar-refractivity contribution < 1.29 is 4.79 Å². The molecule has 0 radical (unpaired) electrons. The summed E-state index contributed by atoms with van der Waals surface area (Å²) in [6.07, 6.45) is 3.13. The molecule has 15 heavy (non-hydrogen) atoms. The van der Waals surface area contributed by atoms with Crippen molar-refractivity contribution in [2.75, 3.05) is 6.54 Å². The van der Waals surface area contributed by atoms with Gasteiger partial charge in [-0.1, -0.05) is 12.2 Å². The zero-order valence-corrected chi connectivity index (χ0v) is 9.01. The van der Waals surface area contributed by atoms with Gasteiger partial charge in [-0.25, -0.2) is 4.98 Å². The first kappa shape index (κ1) is 11.6. The summed E-state index contributed by atoms with van der Waals surface area (Å²) in [4.78, 5) is 15.3. The van der Waals surface area contributed by atoms with Crippen molar-refractivity contribution >= 4 is 23.1 Å². The Bertz CT molecular complexity index is 324. The molecule has 1 amide bonds. The Balaban J connectivity index is 2.06. The van der Waals surface area contributed by atoms with Gasteiger partial charge in [0, 0.05) is 13.0 Å². The molecule has 0 unspecified atom stereocenters. The van der Waals surface area contributed by atoms with Crippen molar-refractivity contribution in [1.82, 2.24) is 20.5 Å². The second-order valence-corrected chi connectivity index (χ2v) is 3.55. The molecular weight excluding hydrogens is 214 g/mol. The molecule has 1 heterocycles. The molecule has 0 aliphatic rings. The van der Waals surface area contributed by atoms with E-state index in [4.69, 9.17) is 5.73 Å². The number of aromatic amines is 1. The Morgan fingerprint density at radius 2 is 2.47 bits per heavy atom. The van der Waals surface area contributed by atoms with Gasteiger partial charge in [0.1, 0.15) is 12.2 Å². The molecule has 0 spiro atoms. The largest absolute Gasteiger partial charge is 0.393 e. The van der Waals surface area contributed by atoms with Crippen LogP contribution in [0, 0.1) is 0 Å². The summed E-state index contributed by atoms with van der Waals surface area (Å²) in [6.45, 7) is 0.585. The average molecular weight is 227 g/mol. The van der Waals surface area contributed by atoms with E-state index in [-0.39, 0.29) is 17.3 Å². The van der Waals surface area contributed by atoms with Crippen molar-refractivity contribution in [2.24, 2.45) is 5.73 Å². The first-order valence-corrected chi connectivity index (χ1v) is 4.98. The smallest absolute Gasteiger partial charge is 0.226 e. The zero-order valence-electron chi connectivity index (χ0n) is 8.19. The van der Waals surface area contributed by atoms with Crippen LogP contribution in [0.25, 0.3) is 0 Å². The minimum Gasteiger partial charge on any atom is -0.393 e. The minimum absolute atomic E-state index is 0.109. The van der Waals surface area contributed by atoms with Gasteiger partial charge < -0.3 is 11.1 Å². The number of aromatic nitrogens is 3. The lowest BCUT2D eigenvalue weighted by molar-refractivity contribution is -0.119. The quantitative estimate of drug-likeness (QED) is 0.451. The Morgan fingerprint density at radius 3 is 3.07 bits per heavy atom. The fourth-order valence-corrected chi connectivity index (χ4v) is 1.19. The zero-order chi connectivity index (χ0) is 11.1. The van der Waals surface area contributed by atoms with Crippen LogP contribution in [0.1, 0.15) is 18.7 Å². The fourth-order valence-electron chi connectivity index (χ4n) is 1.06. The molecule has 6 nitrogen and oxygen atoms in total. The van der Waals surface area contributed by atoms with Crippen molar-refractivity contribution in [3.8, 4) is 0 Å². The summed E-state index contributed by atoms with van der Waals surface area (Å²) in [6, 6.07) is 0. The standard InChI is InChI=1S/C8H13N5OS/c9-6(15)4-8(14)10-3-1-2-7-11-5-12-13-7/h5H,1-4H2,(H2,9,15)(H,10,14)(H,11,12,13). The number of thiocarbonyl (C=S) groups is 1. The number of hydrogen-bond donors (Lipinski definition) is 3. The number of nitrogens with two attached hydrogens (primary N) is 1. The molecule has 1 aromatic rings. The molecule has 0 aliphatic heterocycles. The van der Waals surface area contributed by atoms with Crippen LogP contribution < -0.4 is 11.1 Å². The molecule has 0 fully saturated rings. The molecule has 0 aliphatic carbocycles. The summed E-state index contributed by atoms with van der Waals surface area (Å²) in [5.41, 5.74) is 5.22. The van der Waals surface area contributed by atoms with Gasteiger partial charge in [0.25, 0.3) is 0 Å². The Kier molecular flexibility index (Phi) is 4.69. The predicted molar refractivity (Wildman–Crippen MR) is 59.1 cm³/mol. The number of carbonyl (C=O) groups excluding carboxylic acids is 1. The number of hydrogen-bond acceptors (Lipinski definition) is 4. The molecule has 82 valence electrons. The number of aryl methyl sites for hydroxylation is 1. The summed E-state index contributed by atoms with van der Waals surface area (Å²) >= 11 is 4.61. The number of rotatable bonds is 6. The topological polar surface area (TPSA) is 96.7 Å². The van der Waals surface area contributed by atoms with Crippen LogP contribution in [-0.2, 0) is 11.2 Å². The fraction of sp³-hybridized carbons (Fsp3) is 0.500. The van der Waals surface area contributed by atoms with Crippen molar-refractivity contribution in [1.29, 1.82) is 0 Å². The van der Waals surface area contributed by atoms with Gasteiger partial charge in [0.05, 0.1) is 11.4 Å². The average Bonchev–Trinajstić information content (AvgIpc) is 2.63. The maximum atomic E-state index is 11.1. The first-order valence-electron chi connectivity index (χ1n) is 4.57. The Morgan fingerprint density at radius 1 is 1.67 bits per heavy atom. The van der Waals surface area contributed by atoms with E-state index >= 15 is 0 Å². The molecule has 7 heteroatoms. The molecule has 0 bridgehead atoms. The minimum atomic E-state index is -0.139. The number of carbonyl (C=O) groups is 1. The third kappa shape index (κ3) is 5.06. The van der Waals surface area contributed by atoms with E-state index in [2.05, 4.69) is 32.7 Å². The van der Waals surface area contributed by atoms with Gasteiger partial charge in [-0.15, -0.1) is 0 Å².